The van der Waals surface area contributed by atoms with Gasteiger partial charge in [-0.1, -0.05) is 19.3 Å². The molecular formula is C18H32F2N2O2. The van der Waals surface area contributed by atoms with Gasteiger partial charge in [0.1, 0.15) is 5.60 Å². The van der Waals surface area contributed by atoms with E-state index in [1.165, 1.54) is 13.3 Å². The number of alkyl halides is 2. The summed E-state index contributed by atoms with van der Waals surface area (Å²) in [5.41, 5.74) is -0.759. The maximum atomic E-state index is 12.9. The van der Waals surface area contributed by atoms with E-state index in [0.29, 0.717) is 13.0 Å². The average Bonchev–Trinajstić information content (AvgIpc) is 2.46. The van der Waals surface area contributed by atoms with Crippen molar-refractivity contribution in [2.24, 2.45) is 0 Å². The summed E-state index contributed by atoms with van der Waals surface area (Å²) in [6.45, 7) is 7.71. The summed E-state index contributed by atoms with van der Waals surface area (Å²) >= 11 is 0. The Morgan fingerprint density at radius 1 is 1.25 bits per heavy atom. The van der Waals surface area contributed by atoms with Crippen molar-refractivity contribution < 1.29 is 18.3 Å². The number of carbonyl (C=O) groups is 1. The minimum absolute atomic E-state index is 0.0331. The van der Waals surface area contributed by atoms with Gasteiger partial charge in [-0.25, -0.2) is 13.6 Å². The van der Waals surface area contributed by atoms with Crippen LogP contribution in [0.1, 0.15) is 72.6 Å². The van der Waals surface area contributed by atoms with E-state index in [2.05, 4.69) is 5.32 Å². The molecule has 2 atom stereocenters. The van der Waals surface area contributed by atoms with Crippen molar-refractivity contribution >= 4 is 6.09 Å². The molecule has 2 fully saturated rings. The van der Waals surface area contributed by atoms with E-state index in [0.717, 1.165) is 32.1 Å². The van der Waals surface area contributed by atoms with Gasteiger partial charge in [0.05, 0.1) is 6.04 Å². The summed E-state index contributed by atoms with van der Waals surface area (Å²) < 4.78 is 31.3. The smallest absolute Gasteiger partial charge is 0.410 e. The van der Waals surface area contributed by atoms with Crippen molar-refractivity contribution in [2.75, 3.05) is 6.54 Å². The van der Waals surface area contributed by atoms with Gasteiger partial charge >= 0.3 is 6.09 Å². The molecule has 0 radical (unpaired) electrons. The number of amides is 1. The first-order valence-corrected chi connectivity index (χ1v) is 9.18. The molecule has 0 aromatic heterocycles. The maximum Gasteiger partial charge on any atom is 0.410 e. The Labute approximate surface area is 144 Å². The highest BCUT2D eigenvalue weighted by molar-refractivity contribution is 5.69. The molecule has 1 N–H and O–H groups in total. The average molecular weight is 346 g/mol. The Morgan fingerprint density at radius 2 is 1.88 bits per heavy atom. The first-order valence-electron chi connectivity index (χ1n) is 9.18. The lowest BCUT2D eigenvalue weighted by Crippen LogP contribution is -2.62. The third-order valence-corrected chi connectivity index (χ3v) is 5.17. The van der Waals surface area contributed by atoms with Crippen LogP contribution in [0.5, 0.6) is 0 Å². The highest BCUT2D eigenvalue weighted by Crippen LogP contribution is 2.41. The standard InChI is InChI=1S/C18H32F2N2O2/c1-13(15(19)20)21-14-8-11-22(16(23)24-17(2,3)4)18(12-14)9-6-5-7-10-18/h13-15,21H,5-12H2,1-4H3. The van der Waals surface area contributed by atoms with Crippen LogP contribution >= 0.6 is 0 Å². The van der Waals surface area contributed by atoms with E-state index in [4.69, 9.17) is 4.74 Å². The second-order valence-corrected chi connectivity index (χ2v) is 8.40. The molecule has 1 heterocycles. The Balaban J connectivity index is 2.11. The van der Waals surface area contributed by atoms with Crippen molar-refractivity contribution in [2.45, 2.75) is 102 Å². The molecule has 140 valence electrons. The summed E-state index contributed by atoms with van der Waals surface area (Å²) in [6, 6.07) is -0.783. The molecule has 0 aromatic carbocycles. The quantitative estimate of drug-likeness (QED) is 0.827. The summed E-state index contributed by atoms with van der Waals surface area (Å²) in [4.78, 5) is 14.6. The number of hydrogen-bond donors (Lipinski definition) is 1. The summed E-state index contributed by atoms with van der Waals surface area (Å²) in [5, 5.41) is 3.07. The second kappa shape index (κ2) is 7.54. The zero-order valence-electron chi connectivity index (χ0n) is 15.4. The molecule has 1 saturated carbocycles. The number of carbonyl (C=O) groups excluding carboxylic acids is 1. The van der Waals surface area contributed by atoms with Crippen LogP contribution in [0, 0.1) is 0 Å². The minimum Gasteiger partial charge on any atom is -0.444 e. The Hall–Kier alpha value is -0.910. The van der Waals surface area contributed by atoms with Crippen LogP contribution in [0.4, 0.5) is 13.6 Å². The van der Waals surface area contributed by atoms with Crippen LogP contribution < -0.4 is 5.32 Å². The van der Waals surface area contributed by atoms with Crippen LogP contribution in [0.15, 0.2) is 0 Å². The van der Waals surface area contributed by atoms with Gasteiger partial charge < -0.3 is 15.0 Å². The lowest BCUT2D eigenvalue weighted by molar-refractivity contribution is -0.0357. The highest BCUT2D eigenvalue weighted by Gasteiger charge is 2.46. The minimum atomic E-state index is -2.36. The van der Waals surface area contributed by atoms with Gasteiger partial charge in [-0.15, -0.1) is 0 Å². The monoisotopic (exact) mass is 346 g/mol. The van der Waals surface area contributed by atoms with Crippen LogP contribution in [-0.4, -0.2) is 47.2 Å². The van der Waals surface area contributed by atoms with Crippen LogP contribution in [0.25, 0.3) is 0 Å². The molecule has 1 aliphatic heterocycles. The van der Waals surface area contributed by atoms with E-state index in [1.807, 2.05) is 25.7 Å². The number of rotatable bonds is 3. The maximum absolute atomic E-state index is 12.9. The molecule has 1 aliphatic carbocycles. The number of likely N-dealkylation sites (tertiary alicyclic amines) is 1. The lowest BCUT2D eigenvalue weighted by Gasteiger charge is -2.52. The van der Waals surface area contributed by atoms with Crippen molar-refractivity contribution in [3.05, 3.63) is 0 Å². The van der Waals surface area contributed by atoms with E-state index in [-0.39, 0.29) is 17.7 Å². The highest BCUT2D eigenvalue weighted by atomic mass is 19.3. The summed E-state index contributed by atoms with van der Waals surface area (Å²) in [7, 11) is 0. The normalized spacial score (nSPS) is 25.8. The van der Waals surface area contributed by atoms with Gasteiger partial charge in [-0.05, 0) is 53.4 Å². The topological polar surface area (TPSA) is 41.6 Å². The summed E-state index contributed by atoms with van der Waals surface area (Å²) in [5.74, 6) is 0. The van der Waals surface area contributed by atoms with Gasteiger partial charge in [0.2, 0.25) is 0 Å². The number of nitrogens with one attached hydrogen (secondary N) is 1. The van der Waals surface area contributed by atoms with Gasteiger partial charge in [-0.2, -0.15) is 0 Å². The number of piperidine rings is 1. The third kappa shape index (κ3) is 4.80. The summed E-state index contributed by atoms with van der Waals surface area (Å²) in [6.07, 6.45) is 4.02. The molecule has 4 nitrogen and oxygen atoms in total. The molecule has 0 aromatic rings. The molecule has 1 amide bonds. The fourth-order valence-electron chi connectivity index (χ4n) is 4.07. The fraction of sp³-hybridized carbons (Fsp3) is 0.944. The second-order valence-electron chi connectivity index (χ2n) is 8.40. The molecule has 1 saturated heterocycles. The van der Waals surface area contributed by atoms with E-state index in [1.54, 1.807) is 0 Å². The predicted octanol–water partition coefficient (Wildman–Crippen LogP) is 4.33. The van der Waals surface area contributed by atoms with E-state index < -0.39 is 18.1 Å². The number of ether oxygens (including phenoxy) is 1. The molecule has 24 heavy (non-hydrogen) atoms. The van der Waals surface area contributed by atoms with E-state index in [9.17, 15) is 13.6 Å². The molecular weight excluding hydrogens is 314 g/mol. The lowest BCUT2D eigenvalue weighted by atomic mass is 9.73. The predicted molar refractivity (Wildman–Crippen MR) is 90.4 cm³/mol. The largest absolute Gasteiger partial charge is 0.444 e. The third-order valence-electron chi connectivity index (χ3n) is 5.17. The number of nitrogens with zero attached hydrogens (tertiary/aromatic N) is 1. The van der Waals surface area contributed by atoms with Crippen LogP contribution in [0.3, 0.4) is 0 Å². The molecule has 1 spiro atoms. The Kier molecular flexibility index (Phi) is 6.10. The fourth-order valence-corrected chi connectivity index (χ4v) is 4.07. The van der Waals surface area contributed by atoms with Crippen molar-refractivity contribution in [3.63, 3.8) is 0 Å². The molecule has 2 unspecified atom stereocenters. The number of halogens is 2. The number of hydrogen-bond acceptors (Lipinski definition) is 3. The molecule has 2 aliphatic rings. The van der Waals surface area contributed by atoms with Crippen molar-refractivity contribution in [1.82, 2.24) is 10.2 Å². The molecule has 6 heteroatoms. The van der Waals surface area contributed by atoms with Gasteiger partial charge in [-0.3, -0.25) is 0 Å². The SMILES string of the molecule is CC(NC1CCN(C(=O)OC(C)(C)C)C2(CCCCC2)C1)C(F)F. The molecule has 2 rings (SSSR count). The van der Waals surface area contributed by atoms with Crippen LogP contribution in [0.2, 0.25) is 0 Å². The first-order chi connectivity index (χ1) is 11.1. The van der Waals surface area contributed by atoms with Gasteiger partial charge in [0.25, 0.3) is 6.43 Å². The first kappa shape index (κ1) is 19.4. The van der Waals surface area contributed by atoms with Crippen molar-refractivity contribution in [3.8, 4) is 0 Å². The Morgan fingerprint density at radius 3 is 2.42 bits per heavy atom. The van der Waals surface area contributed by atoms with Gasteiger partial charge in [0, 0.05) is 18.1 Å². The Bertz CT molecular complexity index is 431. The zero-order chi connectivity index (χ0) is 18.0. The van der Waals surface area contributed by atoms with E-state index >= 15 is 0 Å². The van der Waals surface area contributed by atoms with Crippen molar-refractivity contribution in [1.29, 1.82) is 0 Å². The van der Waals surface area contributed by atoms with Crippen LogP contribution in [-0.2, 0) is 4.74 Å². The van der Waals surface area contributed by atoms with Gasteiger partial charge in [0.15, 0.2) is 0 Å². The zero-order valence-corrected chi connectivity index (χ0v) is 15.4. The molecule has 0 bridgehead atoms.